The van der Waals surface area contributed by atoms with Crippen LogP contribution in [0.3, 0.4) is 0 Å². The SMILES string of the molecule is Cc1cc(N=Cc2c(O)n(C3CC3)c(=S)[nH]c2=O)no1. The summed E-state index contributed by atoms with van der Waals surface area (Å²) in [6, 6.07) is 1.78. The van der Waals surface area contributed by atoms with Crippen molar-refractivity contribution >= 4 is 24.3 Å². The highest BCUT2D eigenvalue weighted by molar-refractivity contribution is 7.71. The van der Waals surface area contributed by atoms with Gasteiger partial charge in [-0.25, -0.2) is 4.99 Å². The van der Waals surface area contributed by atoms with Crippen LogP contribution in [0.1, 0.15) is 30.2 Å². The van der Waals surface area contributed by atoms with Crippen LogP contribution in [0.5, 0.6) is 5.88 Å². The highest BCUT2D eigenvalue weighted by Gasteiger charge is 2.27. The number of nitrogens with zero attached hydrogens (tertiary/aromatic N) is 3. The van der Waals surface area contributed by atoms with Crippen molar-refractivity contribution in [3.05, 3.63) is 32.5 Å². The Bertz CT molecular complexity index is 798. The quantitative estimate of drug-likeness (QED) is 0.666. The van der Waals surface area contributed by atoms with Gasteiger partial charge in [-0.2, -0.15) is 0 Å². The number of H-pyrrole nitrogens is 1. The van der Waals surface area contributed by atoms with Gasteiger partial charge in [-0.3, -0.25) is 14.3 Å². The summed E-state index contributed by atoms with van der Waals surface area (Å²) >= 11 is 5.06. The van der Waals surface area contributed by atoms with Gasteiger partial charge in [-0.15, -0.1) is 0 Å². The third-order valence-electron chi connectivity index (χ3n) is 3.01. The Morgan fingerprint density at radius 2 is 2.40 bits per heavy atom. The summed E-state index contributed by atoms with van der Waals surface area (Å²) in [6.45, 7) is 1.74. The van der Waals surface area contributed by atoms with Crippen molar-refractivity contribution in [1.82, 2.24) is 14.7 Å². The third-order valence-corrected chi connectivity index (χ3v) is 3.31. The van der Waals surface area contributed by atoms with Gasteiger partial charge in [0.1, 0.15) is 11.3 Å². The summed E-state index contributed by atoms with van der Waals surface area (Å²) < 4.78 is 6.64. The molecule has 0 bridgehead atoms. The standard InChI is InChI=1S/C12H12N4O3S/c1-6-4-9(15-19-6)13-5-8-10(17)14-12(20)16(11(8)18)7-2-3-7/h4-5,7,18H,2-3H2,1H3,(H,14,17,20). The molecule has 8 heteroatoms. The molecule has 1 fully saturated rings. The molecule has 1 aliphatic rings. The lowest BCUT2D eigenvalue weighted by atomic mass is 10.3. The third kappa shape index (κ3) is 2.29. The number of aromatic nitrogens is 3. The van der Waals surface area contributed by atoms with Crippen molar-refractivity contribution in [3.63, 3.8) is 0 Å². The van der Waals surface area contributed by atoms with Gasteiger partial charge in [0.05, 0.1) is 0 Å². The highest BCUT2D eigenvalue weighted by atomic mass is 32.1. The largest absolute Gasteiger partial charge is 0.494 e. The molecule has 0 unspecified atom stereocenters. The summed E-state index contributed by atoms with van der Waals surface area (Å²) in [5, 5.41) is 13.9. The van der Waals surface area contributed by atoms with Crippen LogP contribution in [0.2, 0.25) is 0 Å². The second-order valence-electron chi connectivity index (χ2n) is 4.65. The first-order valence-corrected chi connectivity index (χ1v) is 6.52. The lowest BCUT2D eigenvalue weighted by Crippen LogP contribution is -2.18. The molecule has 0 aliphatic heterocycles. The van der Waals surface area contributed by atoms with E-state index in [-0.39, 0.29) is 22.3 Å². The topological polar surface area (TPSA) is 96.4 Å². The lowest BCUT2D eigenvalue weighted by molar-refractivity contribution is 0.399. The molecule has 0 radical (unpaired) electrons. The van der Waals surface area contributed by atoms with Crippen LogP contribution in [0, 0.1) is 11.7 Å². The van der Waals surface area contributed by atoms with Crippen LogP contribution >= 0.6 is 12.2 Å². The Hall–Kier alpha value is -2.22. The zero-order valence-electron chi connectivity index (χ0n) is 10.7. The molecule has 1 saturated carbocycles. The Balaban J connectivity index is 2.05. The van der Waals surface area contributed by atoms with E-state index >= 15 is 0 Å². The molecule has 0 saturated heterocycles. The number of aryl methyl sites for hydroxylation is 1. The van der Waals surface area contributed by atoms with Gasteiger partial charge in [0, 0.05) is 18.3 Å². The number of rotatable bonds is 3. The van der Waals surface area contributed by atoms with E-state index in [9.17, 15) is 9.90 Å². The highest BCUT2D eigenvalue weighted by Crippen LogP contribution is 2.37. The van der Waals surface area contributed by atoms with Gasteiger partial charge >= 0.3 is 0 Å². The average molecular weight is 292 g/mol. The molecule has 0 amide bonds. The van der Waals surface area contributed by atoms with Gasteiger partial charge < -0.3 is 9.63 Å². The van der Waals surface area contributed by atoms with Gasteiger partial charge in [-0.1, -0.05) is 5.16 Å². The molecule has 7 nitrogen and oxygen atoms in total. The zero-order valence-corrected chi connectivity index (χ0v) is 11.5. The molecule has 2 heterocycles. The minimum atomic E-state index is -0.478. The van der Waals surface area contributed by atoms with E-state index in [1.54, 1.807) is 17.6 Å². The second kappa shape index (κ2) is 4.71. The van der Waals surface area contributed by atoms with E-state index in [1.807, 2.05) is 0 Å². The fourth-order valence-electron chi connectivity index (χ4n) is 1.88. The Kier molecular flexibility index (Phi) is 3.01. The molecule has 104 valence electrons. The number of nitrogens with one attached hydrogen (secondary N) is 1. The molecular weight excluding hydrogens is 280 g/mol. The Morgan fingerprint density at radius 1 is 1.65 bits per heavy atom. The van der Waals surface area contributed by atoms with E-state index in [4.69, 9.17) is 16.7 Å². The molecule has 20 heavy (non-hydrogen) atoms. The maximum atomic E-state index is 11.9. The predicted octanol–water partition coefficient (Wildman–Crippen LogP) is 1.99. The minimum Gasteiger partial charge on any atom is -0.494 e. The first-order valence-electron chi connectivity index (χ1n) is 6.11. The number of aromatic hydroxyl groups is 1. The fraction of sp³-hybridized carbons (Fsp3) is 0.333. The van der Waals surface area contributed by atoms with Crippen molar-refractivity contribution in [2.45, 2.75) is 25.8 Å². The molecule has 3 rings (SSSR count). The first kappa shape index (κ1) is 12.8. The maximum absolute atomic E-state index is 11.9. The average Bonchev–Trinajstić information content (AvgIpc) is 3.11. The van der Waals surface area contributed by atoms with Crippen LogP contribution in [0.15, 0.2) is 20.4 Å². The van der Waals surface area contributed by atoms with E-state index in [1.165, 1.54) is 6.21 Å². The first-order chi connectivity index (χ1) is 9.56. The smallest absolute Gasteiger partial charge is 0.264 e. The van der Waals surface area contributed by atoms with Gasteiger partial charge in [0.2, 0.25) is 5.88 Å². The summed E-state index contributed by atoms with van der Waals surface area (Å²) in [4.78, 5) is 18.4. The van der Waals surface area contributed by atoms with E-state index < -0.39 is 5.56 Å². The molecule has 2 N–H and O–H groups in total. The van der Waals surface area contributed by atoms with E-state index in [2.05, 4.69) is 15.1 Å². The van der Waals surface area contributed by atoms with Crippen molar-refractivity contribution < 1.29 is 9.63 Å². The fourth-order valence-corrected chi connectivity index (χ4v) is 2.21. The van der Waals surface area contributed by atoms with Crippen molar-refractivity contribution in [1.29, 1.82) is 0 Å². The molecule has 0 aromatic carbocycles. The van der Waals surface area contributed by atoms with Crippen LogP contribution in [0.4, 0.5) is 5.82 Å². The molecule has 2 aromatic heterocycles. The number of aromatic amines is 1. The van der Waals surface area contributed by atoms with Crippen LogP contribution in [0.25, 0.3) is 0 Å². The normalized spacial score (nSPS) is 15.1. The summed E-state index contributed by atoms with van der Waals surface area (Å²) in [7, 11) is 0. The van der Waals surface area contributed by atoms with Crippen LogP contribution in [-0.4, -0.2) is 26.0 Å². The minimum absolute atomic E-state index is 0.0613. The molecule has 2 aromatic rings. The van der Waals surface area contributed by atoms with Crippen molar-refractivity contribution in [3.8, 4) is 5.88 Å². The van der Waals surface area contributed by atoms with Gasteiger partial charge in [0.25, 0.3) is 5.56 Å². The predicted molar refractivity (Wildman–Crippen MR) is 74.3 cm³/mol. The second-order valence-corrected chi connectivity index (χ2v) is 5.04. The van der Waals surface area contributed by atoms with Gasteiger partial charge in [-0.05, 0) is 32.0 Å². The lowest BCUT2D eigenvalue weighted by Gasteiger charge is -2.09. The number of aliphatic imine (C=N–C) groups is 1. The van der Waals surface area contributed by atoms with Crippen molar-refractivity contribution in [2.24, 2.45) is 4.99 Å². The van der Waals surface area contributed by atoms with Crippen molar-refractivity contribution in [2.75, 3.05) is 0 Å². The van der Waals surface area contributed by atoms with Gasteiger partial charge in [0.15, 0.2) is 10.6 Å². The molecule has 1 aliphatic carbocycles. The zero-order chi connectivity index (χ0) is 14.3. The molecular formula is C12H12N4O3S. The van der Waals surface area contributed by atoms with Crippen LogP contribution in [-0.2, 0) is 0 Å². The summed E-state index contributed by atoms with van der Waals surface area (Å²) in [6.07, 6.45) is 3.14. The molecule has 0 atom stereocenters. The maximum Gasteiger partial charge on any atom is 0.264 e. The Morgan fingerprint density at radius 3 is 3.00 bits per heavy atom. The summed E-state index contributed by atoms with van der Waals surface area (Å²) in [5.74, 6) is 0.788. The summed E-state index contributed by atoms with van der Waals surface area (Å²) in [5.41, 5.74) is -0.417. The number of hydrogen-bond donors (Lipinski definition) is 2. The number of hydrogen-bond acceptors (Lipinski definition) is 6. The molecule has 0 spiro atoms. The Labute approximate surface area is 118 Å². The van der Waals surface area contributed by atoms with Crippen LogP contribution < -0.4 is 5.56 Å². The monoisotopic (exact) mass is 292 g/mol. The van der Waals surface area contributed by atoms with E-state index in [0.717, 1.165) is 12.8 Å². The van der Waals surface area contributed by atoms with E-state index in [0.29, 0.717) is 11.6 Å².